The number of hydrogen-bond acceptors (Lipinski definition) is 3. The first kappa shape index (κ1) is 22.3. The molecule has 170 valence electrons. The number of halogens is 2. The zero-order valence-electron chi connectivity index (χ0n) is 18.7. The number of benzene rings is 3. The second-order valence-corrected chi connectivity index (χ2v) is 9.50. The number of carbonyl (C=O) groups excluding carboxylic acids is 1. The lowest BCUT2D eigenvalue weighted by Gasteiger charge is -2.38. The van der Waals surface area contributed by atoms with Crippen molar-refractivity contribution in [1.29, 1.82) is 0 Å². The Hall–Kier alpha value is -2.53. The molecule has 1 N–H and O–H groups in total. The number of anilines is 1. The van der Waals surface area contributed by atoms with Gasteiger partial charge in [0, 0.05) is 49.9 Å². The number of rotatable bonds is 6. The van der Waals surface area contributed by atoms with E-state index >= 15 is 0 Å². The molecule has 0 radical (unpaired) electrons. The highest BCUT2D eigenvalue weighted by molar-refractivity contribution is 6.43. The molecule has 1 aliphatic carbocycles. The fourth-order valence-electron chi connectivity index (χ4n) is 4.89. The van der Waals surface area contributed by atoms with Gasteiger partial charge in [0.05, 0.1) is 15.7 Å². The fraction of sp³-hybridized carbons (Fsp3) is 0.296. The van der Waals surface area contributed by atoms with Crippen LogP contribution in [-0.2, 0) is 0 Å². The highest BCUT2D eigenvalue weighted by atomic mass is 35.5. The molecular formula is C27H27Cl2N3O. The molecule has 0 saturated carbocycles. The number of nitrogens with one attached hydrogen (secondary N) is 1. The molecule has 1 heterocycles. The van der Waals surface area contributed by atoms with Crippen LogP contribution in [0.3, 0.4) is 0 Å². The number of amides is 1. The normalized spacial score (nSPS) is 15.9. The third-order valence-corrected chi connectivity index (χ3v) is 7.56. The third-order valence-electron chi connectivity index (χ3n) is 6.75. The van der Waals surface area contributed by atoms with Crippen LogP contribution in [0.1, 0.15) is 23.7 Å². The Kier molecular flexibility index (Phi) is 6.33. The predicted molar refractivity (Wildman–Crippen MR) is 138 cm³/mol. The Morgan fingerprint density at radius 3 is 2.36 bits per heavy atom. The first-order valence-electron chi connectivity index (χ1n) is 11.5. The minimum absolute atomic E-state index is 0.0116. The molecule has 0 bridgehead atoms. The average molecular weight is 480 g/mol. The number of fused-ring (bicyclic) bond motifs is 4. The number of hydrogen-bond donors (Lipinski definition) is 1. The summed E-state index contributed by atoms with van der Waals surface area (Å²) in [5.74, 6) is 0.0116. The van der Waals surface area contributed by atoms with Gasteiger partial charge < -0.3 is 10.2 Å². The zero-order valence-corrected chi connectivity index (χ0v) is 20.2. The Morgan fingerprint density at radius 1 is 0.909 bits per heavy atom. The maximum absolute atomic E-state index is 13.2. The van der Waals surface area contributed by atoms with Gasteiger partial charge in [-0.15, -0.1) is 0 Å². The summed E-state index contributed by atoms with van der Waals surface area (Å²) in [4.78, 5) is 17.9. The monoisotopic (exact) mass is 479 g/mol. The van der Waals surface area contributed by atoms with E-state index in [1.54, 1.807) is 0 Å². The van der Waals surface area contributed by atoms with Crippen LogP contribution in [0.25, 0.3) is 22.3 Å². The van der Waals surface area contributed by atoms with Gasteiger partial charge in [0.1, 0.15) is 0 Å². The molecule has 1 unspecified atom stereocenters. The maximum atomic E-state index is 13.2. The molecule has 33 heavy (non-hydrogen) atoms. The Bertz CT molecular complexity index is 1190. The summed E-state index contributed by atoms with van der Waals surface area (Å²) in [6.45, 7) is 6.57. The van der Waals surface area contributed by atoms with Crippen molar-refractivity contribution in [2.45, 2.75) is 19.4 Å². The van der Waals surface area contributed by atoms with E-state index in [-0.39, 0.29) is 11.9 Å². The molecule has 1 fully saturated rings. The fourth-order valence-corrected chi connectivity index (χ4v) is 5.30. The summed E-state index contributed by atoms with van der Waals surface area (Å²) >= 11 is 12.6. The molecule has 1 saturated heterocycles. The van der Waals surface area contributed by atoms with Gasteiger partial charge in [-0.2, -0.15) is 0 Å². The van der Waals surface area contributed by atoms with Crippen molar-refractivity contribution in [3.63, 3.8) is 0 Å². The summed E-state index contributed by atoms with van der Waals surface area (Å²) in [6.07, 6.45) is 0.887. The molecule has 1 aliphatic heterocycles. The first-order valence-corrected chi connectivity index (χ1v) is 12.3. The summed E-state index contributed by atoms with van der Waals surface area (Å²) in [5, 5.41) is 4.50. The van der Waals surface area contributed by atoms with Gasteiger partial charge in [0.2, 0.25) is 0 Å². The lowest BCUT2D eigenvalue weighted by atomic mass is 9.78. The topological polar surface area (TPSA) is 35.6 Å². The van der Waals surface area contributed by atoms with Crippen LogP contribution in [0.15, 0.2) is 60.7 Å². The van der Waals surface area contributed by atoms with E-state index in [2.05, 4.69) is 40.2 Å². The molecule has 1 atom stereocenters. The molecule has 3 aromatic rings. The van der Waals surface area contributed by atoms with Gasteiger partial charge in [0.25, 0.3) is 5.91 Å². The Labute approximate surface area is 205 Å². The summed E-state index contributed by atoms with van der Waals surface area (Å²) in [6, 6.07) is 20.2. The smallest absolute Gasteiger partial charge is 0.252 e. The van der Waals surface area contributed by atoms with Crippen LogP contribution >= 0.6 is 23.2 Å². The van der Waals surface area contributed by atoms with Gasteiger partial charge in [-0.05, 0) is 41.3 Å². The third kappa shape index (κ3) is 4.23. The van der Waals surface area contributed by atoms with E-state index in [9.17, 15) is 4.79 Å². The average Bonchev–Trinajstić information content (AvgIpc) is 2.83. The van der Waals surface area contributed by atoms with Crippen molar-refractivity contribution in [2.75, 3.05) is 37.6 Å². The van der Waals surface area contributed by atoms with E-state index in [1.165, 1.54) is 16.7 Å². The van der Waals surface area contributed by atoms with Gasteiger partial charge >= 0.3 is 0 Å². The number of piperazine rings is 1. The van der Waals surface area contributed by atoms with E-state index in [0.29, 0.717) is 10.0 Å². The first-order chi connectivity index (χ1) is 16.1. The van der Waals surface area contributed by atoms with Crippen molar-refractivity contribution in [1.82, 2.24) is 10.2 Å². The zero-order chi connectivity index (χ0) is 22.9. The summed E-state index contributed by atoms with van der Waals surface area (Å²) in [7, 11) is 0. The van der Waals surface area contributed by atoms with E-state index < -0.39 is 0 Å². The van der Waals surface area contributed by atoms with E-state index in [4.69, 9.17) is 23.2 Å². The van der Waals surface area contributed by atoms with E-state index in [1.807, 2.05) is 42.5 Å². The van der Waals surface area contributed by atoms with Crippen LogP contribution < -0.4 is 10.2 Å². The van der Waals surface area contributed by atoms with Gasteiger partial charge in [-0.25, -0.2) is 0 Å². The van der Waals surface area contributed by atoms with Gasteiger partial charge in [0.15, 0.2) is 0 Å². The SMILES string of the molecule is CCC(CN1CCN(c2cccc(Cl)c2Cl)CC1)NC(=O)c1cccc2c1-c1ccccc1-2. The second kappa shape index (κ2) is 9.38. The molecule has 0 aromatic heterocycles. The van der Waals surface area contributed by atoms with Crippen molar-refractivity contribution in [3.05, 3.63) is 76.3 Å². The molecule has 3 aromatic carbocycles. The van der Waals surface area contributed by atoms with Crippen molar-refractivity contribution in [2.24, 2.45) is 0 Å². The Morgan fingerprint density at radius 2 is 1.61 bits per heavy atom. The van der Waals surface area contributed by atoms with Crippen LogP contribution in [0.5, 0.6) is 0 Å². The highest BCUT2D eigenvalue weighted by Gasteiger charge is 2.28. The van der Waals surface area contributed by atoms with Crippen LogP contribution in [0.4, 0.5) is 5.69 Å². The molecule has 5 rings (SSSR count). The lowest BCUT2D eigenvalue weighted by molar-refractivity contribution is 0.0922. The minimum Gasteiger partial charge on any atom is -0.368 e. The van der Waals surface area contributed by atoms with Gasteiger partial charge in [-0.3, -0.25) is 9.69 Å². The molecule has 1 amide bonds. The molecule has 6 heteroatoms. The molecule has 4 nitrogen and oxygen atoms in total. The van der Waals surface area contributed by atoms with Crippen LogP contribution in [0.2, 0.25) is 10.0 Å². The standard InChI is InChI=1S/C27H27Cl2N3O/c1-2-18(17-31-13-15-32(16-14-31)24-12-6-11-23(28)26(24)29)30-27(33)22-10-5-9-21-19-7-3-4-8-20(19)25(21)22/h3-12,18H,2,13-17H2,1H3,(H,30,33). The number of carbonyl (C=O) groups is 1. The van der Waals surface area contributed by atoms with Crippen molar-refractivity contribution < 1.29 is 4.79 Å². The number of nitrogens with zero attached hydrogens (tertiary/aromatic N) is 2. The molecule has 0 spiro atoms. The summed E-state index contributed by atoms with van der Waals surface area (Å²) < 4.78 is 0. The predicted octanol–water partition coefficient (Wildman–Crippen LogP) is 5.97. The van der Waals surface area contributed by atoms with E-state index in [0.717, 1.165) is 56.0 Å². The van der Waals surface area contributed by atoms with Gasteiger partial charge in [-0.1, -0.05) is 72.6 Å². The molecular weight excluding hydrogens is 453 g/mol. The largest absolute Gasteiger partial charge is 0.368 e. The quantitative estimate of drug-likeness (QED) is 0.369. The lowest BCUT2D eigenvalue weighted by Crippen LogP contribution is -2.51. The highest BCUT2D eigenvalue weighted by Crippen LogP contribution is 2.48. The van der Waals surface area contributed by atoms with Crippen LogP contribution in [-0.4, -0.2) is 49.6 Å². The van der Waals surface area contributed by atoms with Crippen molar-refractivity contribution >= 4 is 34.8 Å². The minimum atomic E-state index is 0.0116. The van der Waals surface area contributed by atoms with Crippen LogP contribution in [0, 0.1) is 0 Å². The Balaban J connectivity index is 1.21. The summed E-state index contributed by atoms with van der Waals surface area (Å²) in [5.41, 5.74) is 6.40. The maximum Gasteiger partial charge on any atom is 0.252 e. The molecule has 2 aliphatic rings. The second-order valence-electron chi connectivity index (χ2n) is 8.71. The van der Waals surface area contributed by atoms with Crippen molar-refractivity contribution in [3.8, 4) is 22.3 Å².